The Morgan fingerprint density at radius 1 is 1.14 bits per heavy atom. The zero-order chi connectivity index (χ0) is 26.9. The number of pyridine rings is 1. The first-order chi connectivity index (χ1) is 17.6. The highest BCUT2D eigenvalue weighted by molar-refractivity contribution is 6.40. The topological polar surface area (TPSA) is 132 Å². The number of nitrogens with one attached hydrogen (secondary N) is 2. The maximum Gasteiger partial charge on any atom is 0.326 e. The molecule has 0 unspecified atom stereocenters. The first-order valence-corrected chi connectivity index (χ1v) is 12.3. The number of aliphatic carboxylic acids is 1. The van der Waals surface area contributed by atoms with Gasteiger partial charge in [0.2, 0.25) is 0 Å². The van der Waals surface area contributed by atoms with Crippen LogP contribution in [0.25, 0.3) is 0 Å². The second-order valence-electron chi connectivity index (χ2n) is 9.10. The Kier molecular flexibility index (Phi) is 7.82. The summed E-state index contributed by atoms with van der Waals surface area (Å²) < 4.78 is 0. The van der Waals surface area contributed by atoms with Crippen LogP contribution in [-0.4, -0.2) is 66.1 Å². The van der Waals surface area contributed by atoms with Gasteiger partial charge in [-0.05, 0) is 38.2 Å². The molecule has 1 aromatic heterocycles. The summed E-state index contributed by atoms with van der Waals surface area (Å²) in [6, 6.07) is 5.66. The average molecular weight is 546 g/mol. The van der Waals surface area contributed by atoms with Gasteiger partial charge in [-0.1, -0.05) is 35.3 Å². The molecule has 12 heteroatoms. The molecule has 37 heavy (non-hydrogen) atoms. The number of aromatic nitrogens is 1. The maximum atomic E-state index is 12.6. The van der Waals surface area contributed by atoms with Gasteiger partial charge in [-0.25, -0.2) is 4.79 Å². The molecule has 1 aliphatic heterocycles. The van der Waals surface area contributed by atoms with E-state index < -0.39 is 28.8 Å². The van der Waals surface area contributed by atoms with Gasteiger partial charge >= 0.3 is 5.97 Å². The van der Waals surface area contributed by atoms with E-state index >= 15 is 0 Å². The average Bonchev–Trinajstić information content (AvgIpc) is 3.33. The molecule has 1 saturated heterocycles. The van der Waals surface area contributed by atoms with Crippen molar-refractivity contribution in [3.8, 4) is 0 Å². The van der Waals surface area contributed by atoms with Gasteiger partial charge in [-0.3, -0.25) is 19.4 Å². The number of benzene rings is 1. The van der Waals surface area contributed by atoms with Crippen molar-refractivity contribution in [2.45, 2.75) is 24.9 Å². The van der Waals surface area contributed by atoms with Crippen molar-refractivity contribution in [2.75, 3.05) is 42.7 Å². The Morgan fingerprint density at radius 3 is 2.35 bits per heavy atom. The number of rotatable bonds is 9. The van der Waals surface area contributed by atoms with Crippen molar-refractivity contribution in [2.24, 2.45) is 0 Å². The van der Waals surface area contributed by atoms with E-state index in [1.165, 1.54) is 12.4 Å². The summed E-state index contributed by atoms with van der Waals surface area (Å²) in [6.07, 6.45) is 3.52. The lowest BCUT2D eigenvalue weighted by Crippen LogP contribution is -2.45. The van der Waals surface area contributed by atoms with Crippen LogP contribution in [0.2, 0.25) is 10.0 Å². The second kappa shape index (κ2) is 10.9. The Bertz CT molecular complexity index is 1380. The fourth-order valence-electron chi connectivity index (χ4n) is 4.34. The SMILES string of the molecule is CN(C)[C@H]1CCN(c2c(N[C@@H](Cc3ccc(NC(=O)c4c(Cl)cncc4Cl)cc3)C(=O)O)c(=O)c2=O)C1. The third-order valence-electron chi connectivity index (χ3n) is 6.44. The van der Waals surface area contributed by atoms with E-state index in [1.54, 1.807) is 24.3 Å². The Balaban J connectivity index is 1.44. The van der Waals surface area contributed by atoms with E-state index in [0.717, 1.165) is 6.42 Å². The molecule has 2 atom stereocenters. The van der Waals surface area contributed by atoms with E-state index in [0.29, 0.717) is 24.3 Å². The van der Waals surface area contributed by atoms with E-state index in [-0.39, 0.29) is 39.4 Å². The van der Waals surface area contributed by atoms with Crippen LogP contribution in [-0.2, 0) is 11.2 Å². The van der Waals surface area contributed by atoms with Crippen molar-refractivity contribution in [1.82, 2.24) is 9.88 Å². The number of amides is 1. The molecular formula is C25H25Cl2N5O5. The number of halogens is 2. The Hall–Kier alpha value is -3.47. The lowest BCUT2D eigenvalue weighted by Gasteiger charge is -2.26. The van der Waals surface area contributed by atoms with Crippen molar-refractivity contribution in [3.63, 3.8) is 0 Å². The van der Waals surface area contributed by atoms with Gasteiger partial charge in [0.25, 0.3) is 16.8 Å². The zero-order valence-corrected chi connectivity index (χ0v) is 21.6. The molecule has 0 spiro atoms. The zero-order valence-electron chi connectivity index (χ0n) is 20.1. The predicted octanol–water partition coefficient (Wildman–Crippen LogP) is 2.48. The van der Waals surface area contributed by atoms with Gasteiger partial charge in [0.05, 0.1) is 15.6 Å². The van der Waals surface area contributed by atoms with E-state index in [4.69, 9.17) is 23.2 Å². The minimum Gasteiger partial charge on any atom is -0.480 e. The lowest BCUT2D eigenvalue weighted by molar-refractivity contribution is -0.137. The van der Waals surface area contributed by atoms with Gasteiger partial charge in [0.1, 0.15) is 17.4 Å². The van der Waals surface area contributed by atoms with Gasteiger partial charge in [-0.2, -0.15) is 0 Å². The number of hydrogen-bond donors (Lipinski definition) is 3. The monoisotopic (exact) mass is 545 g/mol. The summed E-state index contributed by atoms with van der Waals surface area (Å²) in [4.78, 5) is 56.9. The quantitative estimate of drug-likeness (QED) is 0.347. The molecule has 0 bridgehead atoms. The molecule has 2 heterocycles. The minimum absolute atomic E-state index is 0.0458. The molecule has 1 amide bonds. The molecule has 0 radical (unpaired) electrons. The summed E-state index contributed by atoms with van der Waals surface area (Å²) in [6.45, 7) is 1.20. The summed E-state index contributed by atoms with van der Waals surface area (Å²) in [5.74, 6) is -1.67. The number of hydrogen-bond acceptors (Lipinski definition) is 8. The molecule has 4 rings (SSSR count). The van der Waals surface area contributed by atoms with Crippen LogP contribution >= 0.6 is 23.2 Å². The summed E-state index contributed by atoms with van der Waals surface area (Å²) in [7, 11) is 3.91. The molecule has 0 saturated carbocycles. The fourth-order valence-corrected chi connectivity index (χ4v) is 4.87. The summed E-state index contributed by atoms with van der Waals surface area (Å²) in [5, 5.41) is 15.5. The number of carboxylic acids is 1. The summed E-state index contributed by atoms with van der Waals surface area (Å²) >= 11 is 12.1. The molecule has 3 N–H and O–H groups in total. The highest BCUT2D eigenvalue weighted by Gasteiger charge is 2.34. The third kappa shape index (κ3) is 5.61. The third-order valence-corrected chi connectivity index (χ3v) is 7.02. The molecule has 3 aromatic rings. The van der Waals surface area contributed by atoms with Crippen LogP contribution in [0.1, 0.15) is 22.3 Å². The number of carbonyl (C=O) groups is 2. The van der Waals surface area contributed by atoms with Crippen molar-refractivity contribution >= 4 is 52.1 Å². The Labute approximate surface area is 222 Å². The number of likely N-dealkylation sites (N-methyl/N-ethyl adjacent to an activating group) is 1. The molecule has 1 aliphatic rings. The van der Waals surface area contributed by atoms with Crippen LogP contribution < -0.4 is 26.4 Å². The lowest BCUT2D eigenvalue weighted by atomic mass is 10.0. The molecule has 0 aliphatic carbocycles. The van der Waals surface area contributed by atoms with Crippen molar-refractivity contribution < 1.29 is 14.7 Å². The van der Waals surface area contributed by atoms with Gasteiger partial charge in [0.15, 0.2) is 0 Å². The molecular weight excluding hydrogens is 521 g/mol. The van der Waals surface area contributed by atoms with Crippen LogP contribution in [0.4, 0.5) is 17.1 Å². The summed E-state index contributed by atoms with van der Waals surface area (Å²) in [5.41, 5.74) is 0.190. The Morgan fingerprint density at radius 2 is 1.78 bits per heavy atom. The standard InChI is InChI=1S/C25H25Cl2N5O5/c1-31(2)15-7-8-32(12-15)21-20(22(33)23(21)34)30-18(25(36)37)9-13-3-5-14(6-4-13)29-24(35)19-16(26)10-28-11-17(19)27/h3-6,10-11,15,18,30H,7-9,12H2,1-2H3,(H,29,35)(H,36,37)/t15-,18-/m0/s1. The second-order valence-corrected chi connectivity index (χ2v) is 9.92. The highest BCUT2D eigenvalue weighted by Crippen LogP contribution is 2.27. The molecule has 2 aromatic carbocycles. The van der Waals surface area contributed by atoms with Crippen molar-refractivity contribution in [3.05, 3.63) is 78.3 Å². The number of anilines is 3. The number of carboxylic acid groups (broad SMARTS) is 1. The van der Waals surface area contributed by atoms with E-state index in [9.17, 15) is 24.3 Å². The van der Waals surface area contributed by atoms with Gasteiger partial charge < -0.3 is 25.5 Å². The van der Waals surface area contributed by atoms with E-state index in [1.807, 2.05) is 19.0 Å². The smallest absolute Gasteiger partial charge is 0.326 e. The maximum absolute atomic E-state index is 12.6. The van der Waals surface area contributed by atoms with Gasteiger partial charge in [-0.15, -0.1) is 0 Å². The molecule has 1 fully saturated rings. The van der Waals surface area contributed by atoms with Crippen LogP contribution in [0.5, 0.6) is 0 Å². The van der Waals surface area contributed by atoms with E-state index in [2.05, 4.69) is 20.5 Å². The van der Waals surface area contributed by atoms with Crippen molar-refractivity contribution in [1.29, 1.82) is 0 Å². The normalized spacial score (nSPS) is 16.2. The number of nitrogens with zero attached hydrogens (tertiary/aromatic N) is 3. The number of carbonyl (C=O) groups excluding carboxylic acids is 1. The van der Waals surface area contributed by atoms with Crippen LogP contribution in [0, 0.1) is 0 Å². The van der Waals surface area contributed by atoms with Gasteiger partial charge in [0, 0.05) is 43.6 Å². The van der Waals surface area contributed by atoms with Crippen LogP contribution in [0.15, 0.2) is 46.2 Å². The minimum atomic E-state index is -1.16. The fraction of sp³-hybridized carbons (Fsp3) is 0.320. The molecule has 10 nitrogen and oxygen atoms in total. The van der Waals surface area contributed by atoms with Crippen LogP contribution in [0.3, 0.4) is 0 Å². The predicted molar refractivity (Wildman–Crippen MR) is 143 cm³/mol. The molecule has 194 valence electrons. The largest absolute Gasteiger partial charge is 0.480 e. The first-order valence-electron chi connectivity index (χ1n) is 11.5. The highest BCUT2D eigenvalue weighted by atomic mass is 35.5. The first kappa shape index (κ1) is 26.6.